The van der Waals surface area contributed by atoms with Crippen molar-refractivity contribution in [2.45, 2.75) is 38.1 Å². The first-order valence-corrected chi connectivity index (χ1v) is 5.19. The fourth-order valence-corrected chi connectivity index (χ4v) is 2.00. The number of rotatable bonds is 3. The molecule has 0 aromatic heterocycles. The van der Waals surface area contributed by atoms with Crippen LogP contribution in [0, 0.1) is 0 Å². The second kappa shape index (κ2) is 5.55. The number of nitrogens with one attached hydrogen (secondary N) is 1. The number of nitrogens with zero attached hydrogens (tertiary/aromatic N) is 1. The van der Waals surface area contributed by atoms with Gasteiger partial charge in [-0.05, 0) is 46.4 Å². The minimum absolute atomic E-state index is 0.833. The molecule has 0 aromatic carbocycles. The van der Waals surface area contributed by atoms with Crippen molar-refractivity contribution in [3.05, 3.63) is 0 Å². The van der Waals surface area contributed by atoms with Crippen molar-refractivity contribution in [1.82, 2.24) is 10.2 Å². The van der Waals surface area contributed by atoms with Gasteiger partial charge in [-0.1, -0.05) is 12.8 Å². The molecule has 0 spiro atoms. The molecule has 1 N–H and O–H groups in total. The minimum atomic E-state index is 0.833. The summed E-state index contributed by atoms with van der Waals surface area (Å²) in [5.41, 5.74) is 0. The zero-order chi connectivity index (χ0) is 8.81. The standard InChI is InChI=1S/C10H22N2/c1-11-8-7-10-6-4-3-5-9-12(10)2/h10-11H,3-9H2,1-2H3. The van der Waals surface area contributed by atoms with Gasteiger partial charge in [0, 0.05) is 6.04 Å². The summed E-state index contributed by atoms with van der Waals surface area (Å²) in [6, 6.07) is 0.833. The SMILES string of the molecule is CNCCC1CCCCCN1C. The number of hydrogen-bond acceptors (Lipinski definition) is 2. The molecule has 1 heterocycles. The van der Waals surface area contributed by atoms with E-state index in [0.717, 1.165) is 12.6 Å². The van der Waals surface area contributed by atoms with E-state index in [9.17, 15) is 0 Å². The molecule has 0 amide bonds. The second-order valence-electron chi connectivity index (χ2n) is 3.88. The Hall–Kier alpha value is -0.0800. The van der Waals surface area contributed by atoms with Gasteiger partial charge in [-0.25, -0.2) is 0 Å². The fraction of sp³-hybridized carbons (Fsp3) is 1.00. The maximum Gasteiger partial charge on any atom is 0.0104 e. The Kier molecular flexibility index (Phi) is 4.62. The molecule has 0 saturated carbocycles. The highest BCUT2D eigenvalue weighted by Crippen LogP contribution is 2.16. The molecule has 1 saturated heterocycles. The maximum absolute atomic E-state index is 3.23. The van der Waals surface area contributed by atoms with Gasteiger partial charge >= 0.3 is 0 Å². The Morgan fingerprint density at radius 3 is 2.92 bits per heavy atom. The molecule has 1 fully saturated rings. The normalized spacial score (nSPS) is 27.0. The summed E-state index contributed by atoms with van der Waals surface area (Å²) in [5, 5.41) is 3.23. The van der Waals surface area contributed by atoms with E-state index in [0.29, 0.717) is 0 Å². The zero-order valence-corrected chi connectivity index (χ0v) is 8.47. The van der Waals surface area contributed by atoms with Crippen LogP contribution >= 0.6 is 0 Å². The lowest BCUT2D eigenvalue weighted by Gasteiger charge is -2.25. The highest BCUT2D eigenvalue weighted by atomic mass is 15.1. The van der Waals surface area contributed by atoms with E-state index in [2.05, 4.69) is 17.3 Å². The summed E-state index contributed by atoms with van der Waals surface area (Å²) in [4.78, 5) is 2.53. The smallest absolute Gasteiger partial charge is 0.0104 e. The Bertz CT molecular complexity index is 114. The Morgan fingerprint density at radius 1 is 1.33 bits per heavy atom. The van der Waals surface area contributed by atoms with Crippen molar-refractivity contribution < 1.29 is 0 Å². The molecule has 0 bridgehead atoms. The lowest BCUT2D eigenvalue weighted by Crippen LogP contribution is -2.33. The monoisotopic (exact) mass is 170 g/mol. The van der Waals surface area contributed by atoms with E-state index in [-0.39, 0.29) is 0 Å². The Balaban J connectivity index is 2.26. The third-order valence-corrected chi connectivity index (χ3v) is 2.90. The summed E-state index contributed by atoms with van der Waals surface area (Å²) in [6.07, 6.45) is 6.97. The van der Waals surface area contributed by atoms with E-state index < -0.39 is 0 Å². The van der Waals surface area contributed by atoms with E-state index in [1.807, 2.05) is 7.05 Å². The first-order valence-electron chi connectivity index (χ1n) is 5.19. The highest BCUT2D eigenvalue weighted by Gasteiger charge is 2.16. The van der Waals surface area contributed by atoms with Gasteiger partial charge in [-0.2, -0.15) is 0 Å². The molecule has 1 aliphatic rings. The summed E-state index contributed by atoms with van der Waals surface area (Å²) in [6.45, 7) is 2.46. The van der Waals surface area contributed by atoms with Gasteiger partial charge in [-0.3, -0.25) is 0 Å². The summed E-state index contributed by atoms with van der Waals surface area (Å²) < 4.78 is 0. The predicted molar refractivity (Wildman–Crippen MR) is 53.4 cm³/mol. The molecule has 1 atom stereocenters. The molecule has 1 rings (SSSR count). The van der Waals surface area contributed by atoms with Gasteiger partial charge in [-0.15, -0.1) is 0 Å². The lowest BCUT2D eigenvalue weighted by atomic mass is 10.1. The van der Waals surface area contributed by atoms with Crippen LogP contribution in [0.1, 0.15) is 32.1 Å². The average molecular weight is 170 g/mol. The molecule has 2 nitrogen and oxygen atoms in total. The molecular formula is C10H22N2. The van der Waals surface area contributed by atoms with E-state index >= 15 is 0 Å². The third kappa shape index (κ3) is 3.11. The Morgan fingerprint density at radius 2 is 2.17 bits per heavy atom. The first kappa shape index (κ1) is 10.0. The van der Waals surface area contributed by atoms with Crippen molar-refractivity contribution >= 4 is 0 Å². The van der Waals surface area contributed by atoms with Crippen LogP contribution in [0.2, 0.25) is 0 Å². The summed E-state index contributed by atoms with van der Waals surface area (Å²) in [5.74, 6) is 0. The van der Waals surface area contributed by atoms with E-state index in [1.165, 1.54) is 38.6 Å². The van der Waals surface area contributed by atoms with E-state index in [1.54, 1.807) is 0 Å². The van der Waals surface area contributed by atoms with Crippen LogP contribution < -0.4 is 5.32 Å². The van der Waals surface area contributed by atoms with Gasteiger partial charge in [0.25, 0.3) is 0 Å². The van der Waals surface area contributed by atoms with Crippen molar-refractivity contribution in [2.75, 3.05) is 27.2 Å². The van der Waals surface area contributed by atoms with Gasteiger partial charge in [0.2, 0.25) is 0 Å². The summed E-state index contributed by atoms with van der Waals surface area (Å²) in [7, 11) is 4.31. The fourth-order valence-electron chi connectivity index (χ4n) is 2.00. The second-order valence-corrected chi connectivity index (χ2v) is 3.88. The maximum atomic E-state index is 3.23. The van der Waals surface area contributed by atoms with Crippen LogP contribution in [0.25, 0.3) is 0 Å². The molecule has 0 aromatic rings. The van der Waals surface area contributed by atoms with Crippen molar-refractivity contribution in [3.8, 4) is 0 Å². The van der Waals surface area contributed by atoms with Crippen molar-refractivity contribution in [3.63, 3.8) is 0 Å². The molecule has 72 valence electrons. The van der Waals surface area contributed by atoms with Crippen LogP contribution in [-0.2, 0) is 0 Å². The van der Waals surface area contributed by atoms with Crippen molar-refractivity contribution in [2.24, 2.45) is 0 Å². The quantitative estimate of drug-likeness (QED) is 0.690. The molecular weight excluding hydrogens is 148 g/mol. The molecule has 2 heteroatoms. The van der Waals surface area contributed by atoms with Crippen LogP contribution in [-0.4, -0.2) is 38.1 Å². The van der Waals surface area contributed by atoms with E-state index in [4.69, 9.17) is 0 Å². The predicted octanol–water partition coefficient (Wildman–Crippen LogP) is 1.47. The lowest BCUT2D eigenvalue weighted by molar-refractivity contribution is 0.234. The molecule has 1 unspecified atom stereocenters. The topological polar surface area (TPSA) is 15.3 Å². The van der Waals surface area contributed by atoms with Crippen LogP contribution in [0.5, 0.6) is 0 Å². The number of hydrogen-bond donors (Lipinski definition) is 1. The van der Waals surface area contributed by atoms with Gasteiger partial charge in [0.05, 0.1) is 0 Å². The largest absolute Gasteiger partial charge is 0.320 e. The van der Waals surface area contributed by atoms with Crippen LogP contribution in [0.15, 0.2) is 0 Å². The molecule has 0 radical (unpaired) electrons. The highest BCUT2D eigenvalue weighted by molar-refractivity contribution is 4.72. The summed E-state index contributed by atoms with van der Waals surface area (Å²) >= 11 is 0. The average Bonchev–Trinajstić information content (AvgIpc) is 2.27. The molecule has 1 aliphatic heterocycles. The third-order valence-electron chi connectivity index (χ3n) is 2.90. The van der Waals surface area contributed by atoms with Crippen LogP contribution in [0.3, 0.4) is 0 Å². The zero-order valence-electron chi connectivity index (χ0n) is 8.47. The van der Waals surface area contributed by atoms with Gasteiger partial charge in [0.15, 0.2) is 0 Å². The first-order chi connectivity index (χ1) is 5.84. The molecule has 12 heavy (non-hydrogen) atoms. The van der Waals surface area contributed by atoms with Gasteiger partial charge in [0.1, 0.15) is 0 Å². The Labute approximate surface area is 76.3 Å². The minimum Gasteiger partial charge on any atom is -0.320 e. The number of likely N-dealkylation sites (tertiary alicyclic amines) is 1. The van der Waals surface area contributed by atoms with Gasteiger partial charge < -0.3 is 10.2 Å². The van der Waals surface area contributed by atoms with Crippen molar-refractivity contribution in [1.29, 1.82) is 0 Å². The van der Waals surface area contributed by atoms with Crippen LogP contribution in [0.4, 0.5) is 0 Å². The molecule has 0 aliphatic carbocycles.